The van der Waals surface area contributed by atoms with E-state index >= 15 is 0 Å². The lowest BCUT2D eigenvalue weighted by molar-refractivity contribution is 0.271. The minimum atomic E-state index is 0. The van der Waals surface area contributed by atoms with Crippen LogP contribution in [-0.2, 0) is 0 Å². The summed E-state index contributed by atoms with van der Waals surface area (Å²) in [6.45, 7) is 2.47. The van der Waals surface area contributed by atoms with E-state index in [1.165, 1.54) is 38.5 Å². The SMILES string of the molecule is CCCCCCCCC(N)CCO.Cl. The summed E-state index contributed by atoms with van der Waals surface area (Å²) in [4.78, 5) is 0. The normalized spacial score (nSPS) is 12.2. The number of halogens is 1. The topological polar surface area (TPSA) is 46.2 Å². The van der Waals surface area contributed by atoms with Gasteiger partial charge in [0, 0.05) is 12.6 Å². The van der Waals surface area contributed by atoms with Crippen LogP contribution < -0.4 is 5.73 Å². The van der Waals surface area contributed by atoms with E-state index in [4.69, 9.17) is 10.8 Å². The molecule has 0 bridgehead atoms. The van der Waals surface area contributed by atoms with Crippen molar-refractivity contribution in [1.82, 2.24) is 0 Å². The Labute approximate surface area is 94.7 Å². The van der Waals surface area contributed by atoms with Crippen molar-refractivity contribution < 1.29 is 5.11 Å². The van der Waals surface area contributed by atoms with Gasteiger partial charge in [0.2, 0.25) is 0 Å². The fourth-order valence-electron chi connectivity index (χ4n) is 1.50. The standard InChI is InChI=1S/C11H25NO.ClH/c1-2-3-4-5-6-7-8-11(12)9-10-13;/h11,13H,2-10,12H2,1H3;1H. The van der Waals surface area contributed by atoms with Crippen molar-refractivity contribution in [3.8, 4) is 0 Å². The maximum absolute atomic E-state index is 8.63. The number of unbranched alkanes of at least 4 members (excludes halogenated alkanes) is 5. The second kappa shape index (κ2) is 13.2. The lowest BCUT2D eigenvalue weighted by Crippen LogP contribution is -2.20. The Bertz CT molecular complexity index is 101. The van der Waals surface area contributed by atoms with Crippen molar-refractivity contribution in [1.29, 1.82) is 0 Å². The zero-order chi connectivity index (χ0) is 9.94. The Morgan fingerprint density at radius 1 is 1.00 bits per heavy atom. The monoisotopic (exact) mass is 223 g/mol. The Kier molecular flexibility index (Phi) is 15.7. The predicted octanol–water partition coefficient (Wildman–Crippen LogP) is 2.87. The summed E-state index contributed by atoms with van der Waals surface area (Å²) in [7, 11) is 0. The smallest absolute Gasteiger partial charge is 0.0445 e. The van der Waals surface area contributed by atoms with Gasteiger partial charge >= 0.3 is 0 Å². The van der Waals surface area contributed by atoms with Crippen LogP contribution in [0.1, 0.15) is 58.3 Å². The van der Waals surface area contributed by atoms with Crippen LogP contribution in [0.15, 0.2) is 0 Å². The summed E-state index contributed by atoms with van der Waals surface area (Å²) in [6.07, 6.45) is 9.75. The van der Waals surface area contributed by atoms with Gasteiger partial charge in [0.25, 0.3) is 0 Å². The second-order valence-corrected chi connectivity index (χ2v) is 3.83. The zero-order valence-electron chi connectivity index (χ0n) is 9.37. The van der Waals surface area contributed by atoms with Crippen molar-refractivity contribution in [2.45, 2.75) is 64.3 Å². The number of aliphatic hydroxyl groups is 1. The Hall–Kier alpha value is 0.210. The third-order valence-electron chi connectivity index (χ3n) is 2.43. The van der Waals surface area contributed by atoms with Gasteiger partial charge in [-0.25, -0.2) is 0 Å². The minimum absolute atomic E-state index is 0. The van der Waals surface area contributed by atoms with Gasteiger partial charge in [0.1, 0.15) is 0 Å². The van der Waals surface area contributed by atoms with Gasteiger partial charge in [-0.2, -0.15) is 0 Å². The number of hydrogen-bond acceptors (Lipinski definition) is 2. The highest BCUT2D eigenvalue weighted by atomic mass is 35.5. The third kappa shape index (κ3) is 12.2. The summed E-state index contributed by atoms with van der Waals surface area (Å²) in [5.41, 5.74) is 5.77. The molecule has 0 aromatic carbocycles. The molecule has 0 rings (SSSR count). The lowest BCUT2D eigenvalue weighted by Gasteiger charge is -2.08. The molecule has 0 aliphatic rings. The van der Waals surface area contributed by atoms with Gasteiger partial charge in [0.15, 0.2) is 0 Å². The van der Waals surface area contributed by atoms with Crippen molar-refractivity contribution in [2.75, 3.05) is 6.61 Å². The molecule has 0 aliphatic carbocycles. The Morgan fingerprint density at radius 3 is 2.14 bits per heavy atom. The van der Waals surface area contributed by atoms with Crippen LogP contribution >= 0.6 is 12.4 Å². The average molecular weight is 224 g/mol. The highest BCUT2D eigenvalue weighted by Crippen LogP contribution is 2.08. The fourth-order valence-corrected chi connectivity index (χ4v) is 1.50. The zero-order valence-corrected chi connectivity index (χ0v) is 10.2. The van der Waals surface area contributed by atoms with Crippen molar-refractivity contribution >= 4 is 12.4 Å². The number of aliphatic hydroxyl groups excluding tert-OH is 1. The third-order valence-corrected chi connectivity index (χ3v) is 2.43. The van der Waals surface area contributed by atoms with Crippen molar-refractivity contribution in [3.05, 3.63) is 0 Å². The number of nitrogens with two attached hydrogens (primary N) is 1. The maximum Gasteiger partial charge on any atom is 0.0445 e. The lowest BCUT2D eigenvalue weighted by atomic mass is 10.0. The van der Waals surface area contributed by atoms with E-state index in [1.807, 2.05) is 0 Å². The largest absolute Gasteiger partial charge is 0.396 e. The molecule has 14 heavy (non-hydrogen) atoms. The summed E-state index contributed by atoms with van der Waals surface area (Å²) >= 11 is 0. The van der Waals surface area contributed by atoms with Crippen molar-refractivity contribution in [2.24, 2.45) is 5.73 Å². The van der Waals surface area contributed by atoms with Crippen LogP contribution in [0.4, 0.5) is 0 Å². The van der Waals surface area contributed by atoms with E-state index in [0.29, 0.717) is 0 Å². The number of rotatable bonds is 9. The van der Waals surface area contributed by atoms with Gasteiger partial charge in [-0.05, 0) is 12.8 Å². The van der Waals surface area contributed by atoms with E-state index in [2.05, 4.69) is 6.92 Å². The summed E-state index contributed by atoms with van der Waals surface area (Å²) in [6, 6.07) is 0.219. The van der Waals surface area contributed by atoms with Gasteiger partial charge in [-0.1, -0.05) is 45.4 Å². The fraction of sp³-hybridized carbons (Fsp3) is 1.00. The van der Waals surface area contributed by atoms with E-state index < -0.39 is 0 Å². The summed E-state index contributed by atoms with van der Waals surface area (Å²) in [5, 5.41) is 8.63. The highest BCUT2D eigenvalue weighted by Gasteiger charge is 2.00. The Morgan fingerprint density at radius 2 is 1.57 bits per heavy atom. The van der Waals surface area contributed by atoms with Crippen molar-refractivity contribution in [3.63, 3.8) is 0 Å². The van der Waals surface area contributed by atoms with Crippen LogP contribution in [0.2, 0.25) is 0 Å². The highest BCUT2D eigenvalue weighted by molar-refractivity contribution is 5.85. The predicted molar refractivity (Wildman–Crippen MR) is 64.9 cm³/mol. The van der Waals surface area contributed by atoms with Gasteiger partial charge in [-0.15, -0.1) is 12.4 Å². The number of hydrogen-bond donors (Lipinski definition) is 2. The summed E-state index contributed by atoms with van der Waals surface area (Å²) in [5.74, 6) is 0. The maximum atomic E-state index is 8.63. The van der Waals surface area contributed by atoms with E-state index in [9.17, 15) is 0 Å². The molecular formula is C11H26ClNO. The molecule has 0 heterocycles. The molecule has 2 nitrogen and oxygen atoms in total. The molecule has 0 saturated heterocycles. The molecule has 0 fully saturated rings. The molecule has 88 valence electrons. The van der Waals surface area contributed by atoms with Crippen LogP contribution in [0.5, 0.6) is 0 Å². The van der Waals surface area contributed by atoms with E-state index in [1.54, 1.807) is 0 Å². The van der Waals surface area contributed by atoms with Gasteiger partial charge in [0.05, 0.1) is 0 Å². The van der Waals surface area contributed by atoms with Crippen LogP contribution in [0, 0.1) is 0 Å². The molecule has 0 aromatic heterocycles. The molecule has 0 aliphatic heterocycles. The second-order valence-electron chi connectivity index (χ2n) is 3.83. The van der Waals surface area contributed by atoms with Crippen LogP contribution in [0.25, 0.3) is 0 Å². The molecule has 0 saturated carbocycles. The minimum Gasteiger partial charge on any atom is -0.396 e. The first-order valence-corrected chi connectivity index (χ1v) is 5.67. The molecule has 0 aromatic rings. The first-order chi connectivity index (χ1) is 6.31. The van der Waals surface area contributed by atoms with E-state index in [-0.39, 0.29) is 25.1 Å². The quantitative estimate of drug-likeness (QED) is 0.591. The molecule has 0 radical (unpaired) electrons. The summed E-state index contributed by atoms with van der Waals surface area (Å²) < 4.78 is 0. The first kappa shape index (κ1) is 16.6. The molecule has 3 heteroatoms. The molecule has 3 N–H and O–H groups in total. The first-order valence-electron chi connectivity index (χ1n) is 5.67. The molecule has 1 atom stereocenters. The molecular weight excluding hydrogens is 198 g/mol. The molecule has 0 spiro atoms. The van der Waals surface area contributed by atoms with Crippen LogP contribution in [-0.4, -0.2) is 17.8 Å². The molecule has 1 unspecified atom stereocenters. The van der Waals surface area contributed by atoms with Gasteiger partial charge < -0.3 is 10.8 Å². The molecule has 0 amide bonds. The van der Waals surface area contributed by atoms with Gasteiger partial charge in [-0.3, -0.25) is 0 Å². The van der Waals surface area contributed by atoms with E-state index in [0.717, 1.165) is 12.8 Å². The van der Waals surface area contributed by atoms with Crippen LogP contribution in [0.3, 0.4) is 0 Å². The Balaban J connectivity index is 0. The average Bonchev–Trinajstić information content (AvgIpc) is 2.11.